The average molecular weight is 381 g/mol. The van der Waals surface area contributed by atoms with Gasteiger partial charge in [0.2, 0.25) is 0 Å². The van der Waals surface area contributed by atoms with Crippen LogP contribution in [-0.2, 0) is 6.54 Å². The first-order valence-electron chi connectivity index (χ1n) is 9.77. The number of likely N-dealkylation sites (tertiary alicyclic amines) is 2. The fourth-order valence-corrected chi connectivity index (χ4v) is 3.96. The molecule has 1 aromatic carbocycles. The Hall–Kier alpha value is -1.73. The van der Waals surface area contributed by atoms with Crippen molar-refractivity contribution in [2.75, 3.05) is 26.2 Å². The van der Waals surface area contributed by atoms with E-state index in [1.54, 1.807) is 4.90 Å². The number of amides is 2. The number of halogens is 2. The van der Waals surface area contributed by atoms with Crippen LogP contribution in [0.3, 0.4) is 0 Å². The molecule has 0 bridgehead atoms. The Morgan fingerprint density at radius 2 is 1.96 bits per heavy atom. The van der Waals surface area contributed by atoms with Crippen LogP contribution in [0, 0.1) is 11.6 Å². The van der Waals surface area contributed by atoms with E-state index in [1.165, 1.54) is 18.2 Å². The molecule has 7 heteroatoms. The maximum absolute atomic E-state index is 13.9. The van der Waals surface area contributed by atoms with Crippen LogP contribution in [0.25, 0.3) is 0 Å². The molecule has 0 spiro atoms. The van der Waals surface area contributed by atoms with E-state index in [1.807, 2.05) is 11.8 Å². The zero-order chi connectivity index (χ0) is 19.4. The van der Waals surface area contributed by atoms with Gasteiger partial charge in [-0.2, -0.15) is 0 Å². The molecule has 5 nitrogen and oxygen atoms in total. The zero-order valence-electron chi connectivity index (χ0n) is 15.9. The highest BCUT2D eigenvalue weighted by atomic mass is 19.1. The summed E-state index contributed by atoms with van der Waals surface area (Å²) in [6.07, 6.45) is 3.78. The van der Waals surface area contributed by atoms with Gasteiger partial charge in [0, 0.05) is 37.8 Å². The molecule has 0 aromatic heterocycles. The van der Waals surface area contributed by atoms with Gasteiger partial charge < -0.3 is 15.3 Å². The van der Waals surface area contributed by atoms with Crippen molar-refractivity contribution in [1.82, 2.24) is 15.1 Å². The molecule has 2 N–H and O–H groups in total. The average Bonchev–Trinajstić information content (AvgIpc) is 2.79. The Kier molecular flexibility index (Phi) is 6.32. The molecule has 27 heavy (non-hydrogen) atoms. The van der Waals surface area contributed by atoms with Crippen molar-refractivity contribution >= 4 is 6.03 Å². The Balaban J connectivity index is 1.54. The lowest BCUT2D eigenvalue weighted by Gasteiger charge is -2.34. The van der Waals surface area contributed by atoms with E-state index in [9.17, 15) is 18.7 Å². The van der Waals surface area contributed by atoms with E-state index in [4.69, 9.17) is 0 Å². The molecule has 2 unspecified atom stereocenters. The molecule has 0 radical (unpaired) electrons. The SMILES string of the molecule is CC1(O)CCCN(C(=O)NC2CCCN(Cc3c(F)cccc3F)C2)CC1. The Labute approximate surface area is 159 Å². The number of benzene rings is 1. The molecule has 2 fully saturated rings. The molecule has 2 saturated heterocycles. The summed E-state index contributed by atoms with van der Waals surface area (Å²) in [5, 5.41) is 13.2. The molecule has 1 aromatic rings. The number of carbonyl (C=O) groups excluding carboxylic acids is 1. The van der Waals surface area contributed by atoms with Gasteiger partial charge in [0.05, 0.1) is 5.60 Å². The predicted octanol–water partition coefficient (Wildman–Crippen LogP) is 2.88. The Morgan fingerprint density at radius 3 is 2.70 bits per heavy atom. The maximum Gasteiger partial charge on any atom is 0.317 e. The molecule has 2 heterocycles. The topological polar surface area (TPSA) is 55.8 Å². The van der Waals surface area contributed by atoms with E-state index in [-0.39, 0.29) is 24.2 Å². The van der Waals surface area contributed by atoms with Crippen LogP contribution < -0.4 is 5.32 Å². The molecule has 2 amide bonds. The summed E-state index contributed by atoms with van der Waals surface area (Å²) in [6, 6.07) is 3.76. The number of hydrogen-bond acceptors (Lipinski definition) is 3. The minimum absolute atomic E-state index is 0.0372. The number of nitrogens with zero attached hydrogens (tertiary/aromatic N) is 2. The van der Waals surface area contributed by atoms with Gasteiger partial charge in [-0.3, -0.25) is 4.90 Å². The summed E-state index contributed by atoms with van der Waals surface area (Å²) in [7, 11) is 0. The molecule has 150 valence electrons. The summed E-state index contributed by atoms with van der Waals surface area (Å²) in [4.78, 5) is 16.3. The van der Waals surface area contributed by atoms with Gasteiger partial charge in [-0.25, -0.2) is 13.6 Å². The second-order valence-corrected chi connectivity index (χ2v) is 8.06. The lowest BCUT2D eigenvalue weighted by molar-refractivity contribution is 0.0456. The van der Waals surface area contributed by atoms with Gasteiger partial charge in [-0.15, -0.1) is 0 Å². The first kappa shape index (κ1) is 20.0. The van der Waals surface area contributed by atoms with E-state index in [0.29, 0.717) is 32.5 Å². The highest BCUT2D eigenvalue weighted by Gasteiger charge is 2.29. The van der Waals surface area contributed by atoms with Crippen molar-refractivity contribution < 1.29 is 18.7 Å². The number of hydrogen-bond donors (Lipinski definition) is 2. The third-order valence-corrected chi connectivity index (χ3v) is 5.63. The van der Waals surface area contributed by atoms with Gasteiger partial charge >= 0.3 is 6.03 Å². The standard InChI is InChI=1S/C20H29F2N3O2/c1-20(27)8-4-11-25(12-9-20)19(26)23-15-5-3-10-24(13-15)14-16-17(21)6-2-7-18(16)22/h2,6-7,15,27H,3-5,8-14H2,1H3,(H,23,26). The molecule has 3 rings (SSSR count). The normalized spacial score (nSPS) is 27.3. The number of rotatable bonds is 3. The van der Waals surface area contributed by atoms with Crippen LogP contribution in [0.15, 0.2) is 18.2 Å². The zero-order valence-corrected chi connectivity index (χ0v) is 15.9. The van der Waals surface area contributed by atoms with Gasteiger partial charge in [-0.05, 0) is 57.7 Å². The van der Waals surface area contributed by atoms with E-state index in [0.717, 1.165) is 25.8 Å². The number of carbonyl (C=O) groups is 1. The third-order valence-electron chi connectivity index (χ3n) is 5.63. The monoisotopic (exact) mass is 381 g/mol. The summed E-state index contributed by atoms with van der Waals surface area (Å²) in [6.45, 7) is 4.53. The van der Waals surface area contributed by atoms with Crippen LogP contribution >= 0.6 is 0 Å². The molecular formula is C20H29F2N3O2. The smallest absolute Gasteiger partial charge is 0.317 e. The van der Waals surface area contributed by atoms with Crippen molar-refractivity contribution in [3.63, 3.8) is 0 Å². The Bertz CT molecular complexity index is 648. The van der Waals surface area contributed by atoms with Crippen molar-refractivity contribution in [1.29, 1.82) is 0 Å². The second-order valence-electron chi connectivity index (χ2n) is 8.06. The van der Waals surface area contributed by atoms with Gasteiger partial charge in [0.1, 0.15) is 11.6 Å². The molecule has 0 saturated carbocycles. The molecule has 2 aliphatic heterocycles. The number of urea groups is 1. The van der Waals surface area contributed by atoms with Gasteiger partial charge in [0.15, 0.2) is 0 Å². The van der Waals surface area contributed by atoms with Gasteiger partial charge in [0.25, 0.3) is 0 Å². The summed E-state index contributed by atoms with van der Waals surface area (Å²) >= 11 is 0. The predicted molar refractivity (Wildman–Crippen MR) is 99.2 cm³/mol. The van der Waals surface area contributed by atoms with Crippen molar-refractivity contribution in [3.05, 3.63) is 35.4 Å². The van der Waals surface area contributed by atoms with Gasteiger partial charge in [-0.1, -0.05) is 6.07 Å². The second kappa shape index (κ2) is 8.52. The van der Waals surface area contributed by atoms with Crippen molar-refractivity contribution in [3.8, 4) is 0 Å². The highest BCUT2D eigenvalue weighted by molar-refractivity contribution is 5.74. The molecule has 2 atom stereocenters. The lowest BCUT2D eigenvalue weighted by atomic mass is 9.98. The highest BCUT2D eigenvalue weighted by Crippen LogP contribution is 2.22. The maximum atomic E-state index is 13.9. The van der Waals surface area contributed by atoms with Crippen LogP contribution in [-0.4, -0.2) is 58.8 Å². The Morgan fingerprint density at radius 1 is 1.22 bits per heavy atom. The van der Waals surface area contributed by atoms with Crippen molar-refractivity contribution in [2.24, 2.45) is 0 Å². The van der Waals surface area contributed by atoms with Crippen LogP contribution in [0.1, 0.15) is 44.6 Å². The fraction of sp³-hybridized carbons (Fsp3) is 0.650. The minimum atomic E-state index is -0.708. The summed E-state index contributed by atoms with van der Waals surface area (Å²) in [5.74, 6) is -1.06. The molecule has 2 aliphatic rings. The number of aliphatic hydroxyl groups is 1. The lowest BCUT2D eigenvalue weighted by Crippen LogP contribution is -2.51. The number of nitrogens with one attached hydrogen (secondary N) is 1. The first-order chi connectivity index (χ1) is 12.8. The fourth-order valence-electron chi connectivity index (χ4n) is 3.96. The summed E-state index contributed by atoms with van der Waals surface area (Å²) < 4.78 is 27.8. The third kappa shape index (κ3) is 5.39. The van der Waals surface area contributed by atoms with Crippen LogP contribution in [0.5, 0.6) is 0 Å². The quantitative estimate of drug-likeness (QED) is 0.847. The molecule has 0 aliphatic carbocycles. The van der Waals surface area contributed by atoms with Crippen molar-refractivity contribution in [2.45, 2.75) is 57.2 Å². The molecular weight excluding hydrogens is 352 g/mol. The van der Waals surface area contributed by atoms with Crippen LogP contribution in [0.4, 0.5) is 13.6 Å². The number of piperidine rings is 1. The van der Waals surface area contributed by atoms with E-state index >= 15 is 0 Å². The van der Waals surface area contributed by atoms with Crippen LogP contribution in [0.2, 0.25) is 0 Å². The van der Waals surface area contributed by atoms with E-state index in [2.05, 4.69) is 5.32 Å². The first-order valence-corrected chi connectivity index (χ1v) is 9.77. The summed E-state index contributed by atoms with van der Waals surface area (Å²) in [5.41, 5.74) is -0.625. The van der Waals surface area contributed by atoms with E-state index < -0.39 is 17.2 Å². The largest absolute Gasteiger partial charge is 0.390 e. The minimum Gasteiger partial charge on any atom is -0.390 e.